The highest BCUT2D eigenvalue weighted by atomic mass is 16.5. The Hall–Kier alpha value is -5.95. The predicted octanol–water partition coefficient (Wildman–Crippen LogP) is 6.90. The molecule has 2 fully saturated rings. The zero-order chi connectivity index (χ0) is 33.9. The van der Waals surface area contributed by atoms with E-state index in [-0.39, 0.29) is 5.78 Å². The number of hydrogen-bond donors (Lipinski definition) is 0. The van der Waals surface area contributed by atoms with Gasteiger partial charge in [-0.25, -0.2) is 4.90 Å². The lowest BCUT2D eigenvalue weighted by Crippen LogP contribution is -2.45. The number of ether oxygens (including phenoxy) is 3. The van der Waals surface area contributed by atoms with Gasteiger partial charge in [0.15, 0.2) is 5.78 Å². The van der Waals surface area contributed by atoms with Crippen molar-refractivity contribution in [1.82, 2.24) is 0 Å². The number of Topliss-reactive ketones (excluding diaryl/α,β-unsaturated/α-hetero) is 1. The van der Waals surface area contributed by atoms with E-state index in [0.717, 1.165) is 11.1 Å². The summed E-state index contributed by atoms with van der Waals surface area (Å²) in [5.74, 6) is -1.11. The van der Waals surface area contributed by atoms with Crippen LogP contribution in [0.3, 0.4) is 0 Å². The first kappa shape index (κ1) is 30.4. The van der Waals surface area contributed by atoms with Crippen LogP contribution in [0.1, 0.15) is 22.3 Å². The summed E-state index contributed by atoms with van der Waals surface area (Å²) in [5.41, 5.74) is 1.71. The Morgan fingerprint density at radius 2 is 0.816 bits per heavy atom. The number of imide groups is 1. The average molecular weight is 648 g/mol. The Kier molecular flexibility index (Phi) is 7.03. The van der Waals surface area contributed by atoms with E-state index in [1.54, 1.807) is 45.6 Å². The number of rotatable bonds is 8. The second-order valence-electron chi connectivity index (χ2n) is 12.5. The summed E-state index contributed by atoms with van der Waals surface area (Å²) < 4.78 is 16.4. The Labute approximate surface area is 284 Å². The summed E-state index contributed by atoms with van der Waals surface area (Å²) in [5, 5.41) is 0. The summed E-state index contributed by atoms with van der Waals surface area (Å²) in [6.07, 6.45) is 0. The normalized spacial score (nSPS) is 24.0. The summed E-state index contributed by atoms with van der Waals surface area (Å²) in [7, 11) is 4.78. The molecule has 7 nitrogen and oxygen atoms in total. The van der Waals surface area contributed by atoms with E-state index in [1.165, 1.54) is 4.90 Å². The van der Waals surface area contributed by atoms with Gasteiger partial charge in [0.05, 0.1) is 49.7 Å². The Balaban J connectivity index is 1.52. The van der Waals surface area contributed by atoms with E-state index >= 15 is 14.4 Å². The first-order valence-corrected chi connectivity index (χ1v) is 16.1. The Morgan fingerprint density at radius 1 is 0.469 bits per heavy atom. The molecule has 5 aromatic rings. The Bertz CT molecular complexity index is 2000. The van der Waals surface area contributed by atoms with Gasteiger partial charge in [-0.1, -0.05) is 84.9 Å². The fourth-order valence-corrected chi connectivity index (χ4v) is 8.63. The molecule has 5 aromatic carbocycles. The summed E-state index contributed by atoms with van der Waals surface area (Å²) >= 11 is 0. The smallest absolute Gasteiger partial charge is 0.239 e. The van der Waals surface area contributed by atoms with Gasteiger partial charge >= 0.3 is 0 Å². The molecule has 0 radical (unpaired) electrons. The lowest BCUT2D eigenvalue weighted by atomic mass is 9.59. The molecule has 49 heavy (non-hydrogen) atoms. The van der Waals surface area contributed by atoms with Gasteiger partial charge in [-0.05, 0) is 81.9 Å². The fourth-order valence-electron chi connectivity index (χ4n) is 8.63. The minimum atomic E-state index is -1.50. The largest absolute Gasteiger partial charge is 0.497 e. The van der Waals surface area contributed by atoms with E-state index in [0.29, 0.717) is 45.2 Å². The molecule has 2 aliphatic carbocycles. The van der Waals surface area contributed by atoms with Gasteiger partial charge in [0, 0.05) is 0 Å². The van der Waals surface area contributed by atoms with Gasteiger partial charge in [-0.2, -0.15) is 0 Å². The third-order valence-corrected chi connectivity index (χ3v) is 10.5. The van der Waals surface area contributed by atoms with Gasteiger partial charge in [-0.15, -0.1) is 0 Å². The first-order valence-electron chi connectivity index (χ1n) is 16.1. The molecule has 2 amide bonds. The molecule has 242 valence electrons. The maximum Gasteiger partial charge on any atom is 0.239 e. The standard InChI is InChI=1S/C42H33NO6/c1-47-31-20-14-26(15-21-31)34-35(27-16-22-32(48-2)23-17-27)42(29-12-8-5-9-13-29)37-36(41(34,40(42)46)28-10-6-4-7-11-28)38(44)43(39(37)45)30-18-24-33(49-3)25-19-30/h4-25,36-37H,1-3H3/t36-,37-,41-,42-/m1/s1. The number of nitrogens with zero attached hydrogens (tertiary/aromatic N) is 1. The maximum absolute atomic E-state index is 16.0. The van der Waals surface area contributed by atoms with Gasteiger partial charge in [0.2, 0.25) is 11.8 Å². The molecule has 1 saturated heterocycles. The van der Waals surface area contributed by atoms with Crippen molar-refractivity contribution in [3.05, 3.63) is 156 Å². The topological polar surface area (TPSA) is 82.1 Å². The first-order chi connectivity index (χ1) is 23.9. The molecule has 4 atom stereocenters. The van der Waals surface area contributed by atoms with Crippen LogP contribution in [0.2, 0.25) is 0 Å². The number of benzene rings is 5. The number of carbonyl (C=O) groups excluding carboxylic acids is 3. The van der Waals surface area contributed by atoms with Crippen LogP contribution in [0.15, 0.2) is 133 Å². The SMILES string of the molecule is COc1ccc(C2=C(c3ccc(OC)cc3)[C@@]3(c4ccccc4)C(=O)[C@@]2(c2ccccc2)[C@H]2C(=O)N(c4ccc(OC)cc4)C(=O)[C@@H]23)cc1. The minimum Gasteiger partial charge on any atom is -0.497 e. The molecule has 0 spiro atoms. The summed E-state index contributed by atoms with van der Waals surface area (Å²) in [6, 6.07) is 41.0. The number of hydrogen-bond acceptors (Lipinski definition) is 6. The van der Waals surface area contributed by atoms with Gasteiger partial charge in [0.25, 0.3) is 0 Å². The van der Waals surface area contributed by atoms with Crippen molar-refractivity contribution >= 4 is 34.4 Å². The van der Waals surface area contributed by atoms with E-state index in [9.17, 15) is 0 Å². The number of ketones is 1. The summed E-state index contributed by atoms with van der Waals surface area (Å²) in [4.78, 5) is 47.5. The molecular formula is C42H33NO6. The van der Waals surface area contributed by atoms with Crippen LogP contribution in [0.25, 0.3) is 11.1 Å². The number of allylic oxidation sites excluding steroid dienone is 2. The molecular weight excluding hydrogens is 614 g/mol. The summed E-state index contributed by atoms with van der Waals surface area (Å²) in [6.45, 7) is 0. The van der Waals surface area contributed by atoms with Crippen LogP contribution < -0.4 is 19.1 Å². The third-order valence-electron chi connectivity index (χ3n) is 10.5. The van der Waals surface area contributed by atoms with Crippen LogP contribution in [-0.2, 0) is 25.2 Å². The predicted molar refractivity (Wildman–Crippen MR) is 187 cm³/mol. The molecule has 0 N–H and O–H groups in total. The van der Waals surface area contributed by atoms with Crippen molar-refractivity contribution in [2.24, 2.45) is 11.8 Å². The third kappa shape index (κ3) is 3.99. The lowest BCUT2D eigenvalue weighted by molar-refractivity contribution is -0.130. The highest BCUT2D eigenvalue weighted by molar-refractivity contribution is 6.39. The molecule has 1 heterocycles. The molecule has 3 aliphatic rings. The molecule has 8 rings (SSSR count). The van der Waals surface area contributed by atoms with Gasteiger partial charge < -0.3 is 14.2 Å². The zero-order valence-corrected chi connectivity index (χ0v) is 27.3. The molecule has 7 heteroatoms. The van der Waals surface area contributed by atoms with Crippen molar-refractivity contribution < 1.29 is 28.6 Å². The van der Waals surface area contributed by atoms with Crippen molar-refractivity contribution in [2.75, 3.05) is 26.2 Å². The van der Waals surface area contributed by atoms with Gasteiger partial charge in [0.1, 0.15) is 17.2 Å². The second kappa shape index (κ2) is 11.3. The molecule has 1 saturated carbocycles. The van der Waals surface area contributed by atoms with Crippen molar-refractivity contribution in [3.8, 4) is 17.2 Å². The second-order valence-corrected chi connectivity index (χ2v) is 12.5. The fraction of sp³-hybridized carbons (Fsp3) is 0.167. The van der Waals surface area contributed by atoms with Crippen LogP contribution in [-0.4, -0.2) is 38.9 Å². The molecule has 0 aromatic heterocycles. The van der Waals surface area contributed by atoms with E-state index < -0.39 is 34.5 Å². The number of anilines is 1. The number of methoxy groups -OCH3 is 3. The lowest BCUT2D eigenvalue weighted by Gasteiger charge is -2.39. The maximum atomic E-state index is 16.0. The van der Waals surface area contributed by atoms with Crippen molar-refractivity contribution in [3.63, 3.8) is 0 Å². The van der Waals surface area contributed by atoms with Crippen LogP contribution in [0, 0.1) is 11.8 Å². The van der Waals surface area contributed by atoms with Crippen molar-refractivity contribution in [2.45, 2.75) is 10.8 Å². The van der Waals surface area contributed by atoms with Crippen LogP contribution >= 0.6 is 0 Å². The van der Waals surface area contributed by atoms with Crippen LogP contribution in [0.4, 0.5) is 5.69 Å². The number of amides is 2. The van der Waals surface area contributed by atoms with Gasteiger partial charge in [-0.3, -0.25) is 14.4 Å². The van der Waals surface area contributed by atoms with E-state index in [2.05, 4.69) is 0 Å². The Morgan fingerprint density at radius 3 is 1.16 bits per heavy atom. The zero-order valence-electron chi connectivity index (χ0n) is 27.3. The quantitative estimate of drug-likeness (QED) is 0.171. The highest BCUT2D eigenvalue weighted by Gasteiger charge is 2.82. The molecule has 1 aliphatic heterocycles. The number of fused-ring (bicyclic) bond motifs is 5. The highest BCUT2D eigenvalue weighted by Crippen LogP contribution is 2.74. The average Bonchev–Trinajstić information content (AvgIpc) is 3.67. The van der Waals surface area contributed by atoms with Crippen LogP contribution in [0.5, 0.6) is 17.2 Å². The minimum absolute atomic E-state index is 0.180. The monoisotopic (exact) mass is 647 g/mol. The molecule has 0 unspecified atom stereocenters. The number of carbonyl (C=O) groups is 3. The van der Waals surface area contributed by atoms with E-state index in [4.69, 9.17) is 14.2 Å². The van der Waals surface area contributed by atoms with Crippen molar-refractivity contribution in [1.29, 1.82) is 0 Å². The van der Waals surface area contributed by atoms with E-state index in [1.807, 2.05) is 109 Å². The molecule has 2 bridgehead atoms.